The summed E-state index contributed by atoms with van der Waals surface area (Å²) in [6.45, 7) is 3.71. The number of nitriles is 1. The molecule has 0 aliphatic rings. The van der Waals surface area contributed by atoms with E-state index in [1.165, 1.54) is 16.7 Å². The molecule has 26 heavy (non-hydrogen) atoms. The predicted octanol–water partition coefficient (Wildman–Crippen LogP) is 3.00. The largest absolute Gasteiger partial charge is 0.345 e. The van der Waals surface area contributed by atoms with Crippen molar-refractivity contribution in [2.24, 2.45) is 0 Å². The molecule has 0 aliphatic carbocycles. The minimum Gasteiger partial charge on any atom is -0.345 e. The lowest BCUT2D eigenvalue weighted by Crippen LogP contribution is -2.21. The van der Waals surface area contributed by atoms with Crippen LogP contribution in [0.1, 0.15) is 27.2 Å². The number of thioether (sulfide) groups is 1. The van der Waals surface area contributed by atoms with E-state index >= 15 is 0 Å². The van der Waals surface area contributed by atoms with Gasteiger partial charge in [0.25, 0.3) is 5.91 Å². The first kappa shape index (κ1) is 19.5. The van der Waals surface area contributed by atoms with Crippen molar-refractivity contribution in [1.29, 1.82) is 5.26 Å². The Hall–Kier alpha value is -2.85. The molecule has 134 valence electrons. The fourth-order valence-corrected chi connectivity index (χ4v) is 3.23. The van der Waals surface area contributed by atoms with Gasteiger partial charge < -0.3 is 10.2 Å². The number of hydrogen-bond donors (Lipinski definition) is 1. The van der Waals surface area contributed by atoms with Gasteiger partial charge in [-0.2, -0.15) is 5.26 Å². The van der Waals surface area contributed by atoms with E-state index in [4.69, 9.17) is 0 Å². The maximum atomic E-state index is 12.2. The van der Waals surface area contributed by atoms with Crippen LogP contribution in [0.5, 0.6) is 0 Å². The summed E-state index contributed by atoms with van der Waals surface area (Å²) in [5.41, 5.74) is 3.33. The van der Waals surface area contributed by atoms with E-state index in [0.717, 1.165) is 11.3 Å². The lowest BCUT2D eigenvalue weighted by Gasteiger charge is -2.11. The highest BCUT2D eigenvalue weighted by Crippen LogP contribution is 2.23. The second-order valence-corrected chi connectivity index (χ2v) is 6.95. The highest BCUT2D eigenvalue weighted by atomic mass is 32.2. The van der Waals surface area contributed by atoms with Crippen LogP contribution in [-0.4, -0.2) is 41.5 Å². The first-order valence-corrected chi connectivity index (χ1v) is 8.93. The summed E-state index contributed by atoms with van der Waals surface area (Å²) in [6.07, 6.45) is 0. The fraction of sp³-hybridized carbons (Fsp3) is 0.263. The third kappa shape index (κ3) is 4.83. The first-order chi connectivity index (χ1) is 12.3. The first-order valence-electron chi connectivity index (χ1n) is 7.94. The monoisotopic (exact) mass is 368 g/mol. The number of nitrogens with zero attached hydrogens (tertiary/aromatic N) is 3. The third-order valence-corrected chi connectivity index (χ3v) is 4.56. The van der Waals surface area contributed by atoms with Crippen LogP contribution >= 0.6 is 11.8 Å². The summed E-state index contributed by atoms with van der Waals surface area (Å²) in [6, 6.07) is 10.7. The Morgan fingerprint density at radius 1 is 1.23 bits per heavy atom. The summed E-state index contributed by atoms with van der Waals surface area (Å²) in [4.78, 5) is 29.9. The summed E-state index contributed by atoms with van der Waals surface area (Å²) < 4.78 is 0. The van der Waals surface area contributed by atoms with E-state index in [2.05, 4.69) is 16.4 Å². The van der Waals surface area contributed by atoms with Crippen LogP contribution in [-0.2, 0) is 4.79 Å². The molecule has 0 aliphatic heterocycles. The maximum absolute atomic E-state index is 12.2. The fourth-order valence-electron chi connectivity index (χ4n) is 2.33. The highest BCUT2D eigenvalue weighted by molar-refractivity contribution is 8.00. The molecule has 1 aromatic heterocycles. The number of carbonyl (C=O) groups is 2. The van der Waals surface area contributed by atoms with Crippen LogP contribution in [0.2, 0.25) is 0 Å². The molecule has 0 saturated carbocycles. The smallest absolute Gasteiger partial charge is 0.253 e. The molecule has 0 fully saturated rings. The molecular weight excluding hydrogens is 348 g/mol. The summed E-state index contributed by atoms with van der Waals surface area (Å²) in [5, 5.41) is 12.6. The molecule has 7 heteroatoms. The molecule has 0 radical (unpaired) electrons. The minimum absolute atomic E-state index is 0.0941. The van der Waals surface area contributed by atoms with Gasteiger partial charge in [-0.05, 0) is 49.7 Å². The van der Waals surface area contributed by atoms with Crippen LogP contribution in [0.15, 0.2) is 35.4 Å². The van der Waals surface area contributed by atoms with Gasteiger partial charge in [0.1, 0.15) is 11.1 Å². The number of amides is 2. The molecule has 0 bridgehead atoms. The zero-order valence-corrected chi connectivity index (χ0v) is 16.0. The summed E-state index contributed by atoms with van der Waals surface area (Å²) in [5.74, 6) is -0.155. The summed E-state index contributed by atoms with van der Waals surface area (Å²) >= 11 is 1.23. The van der Waals surface area contributed by atoms with Gasteiger partial charge in [-0.25, -0.2) is 4.98 Å². The zero-order valence-electron chi connectivity index (χ0n) is 15.2. The van der Waals surface area contributed by atoms with Crippen LogP contribution < -0.4 is 5.32 Å². The van der Waals surface area contributed by atoms with E-state index in [9.17, 15) is 14.9 Å². The molecule has 0 saturated heterocycles. The molecule has 1 N–H and O–H groups in total. The Labute approximate surface area is 157 Å². The normalized spacial score (nSPS) is 10.1. The van der Waals surface area contributed by atoms with E-state index < -0.39 is 0 Å². The molecule has 6 nitrogen and oxygen atoms in total. The molecule has 0 atom stereocenters. The highest BCUT2D eigenvalue weighted by Gasteiger charge is 2.12. The Bertz CT molecular complexity index is 870. The quantitative estimate of drug-likeness (QED) is 0.820. The van der Waals surface area contributed by atoms with Crippen LogP contribution in [0.25, 0.3) is 0 Å². The molecule has 0 unspecified atom stereocenters. The Kier molecular flexibility index (Phi) is 6.36. The van der Waals surface area contributed by atoms with Crippen molar-refractivity contribution in [2.75, 3.05) is 25.2 Å². The number of aryl methyl sites for hydroxylation is 2. The summed E-state index contributed by atoms with van der Waals surface area (Å²) in [7, 11) is 3.37. The third-order valence-electron chi connectivity index (χ3n) is 3.59. The number of anilines is 1. The van der Waals surface area contributed by atoms with Gasteiger partial charge in [-0.15, -0.1) is 0 Å². The van der Waals surface area contributed by atoms with Crippen molar-refractivity contribution in [1.82, 2.24) is 9.88 Å². The van der Waals surface area contributed by atoms with Crippen LogP contribution in [0.3, 0.4) is 0 Å². The van der Waals surface area contributed by atoms with Crippen molar-refractivity contribution >= 4 is 29.3 Å². The maximum Gasteiger partial charge on any atom is 0.253 e. The van der Waals surface area contributed by atoms with Gasteiger partial charge in [0.15, 0.2) is 0 Å². The van der Waals surface area contributed by atoms with Gasteiger partial charge in [0, 0.05) is 31.0 Å². The second-order valence-electron chi connectivity index (χ2n) is 5.99. The van der Waals surface area contributed by atoms with Crippen molar-refractivity contribution in [3.05, 3.63) is 52.7 Å². The van der Waals surface area contributed by atoms with E-state index in [0.29, 0.717) is 21.8 Å². The Balaban J connectivity index is 2.00. The molecule has 0 spiro atoms. The van der Waals surface area contributed by atoms with E-state index in [1.807, 2.05) is 19.9 Å². The van der Waals surface area contributed by atoms with Gasteiger partial charge in [0.05, 0.1) is 11.3 Å². The van der Waals surface area contributed by atoms with Crippen molar-refractivity contribution in [3.63, 3.8) is 0 Å². The zero-order chi connectivity index (χ0) is 19.3. The lowest BCUT2D eigenvalue weighted by molar-refractivity contribution is -0.113. The molecule has 1 aromatic carbocycles. The number of aromatic nitrogens is 1. The molecule has 2 aromatic rings. The Morgan fingerprint density at radius 3 is 2.46 bits per heavy atom. The average molecular weight is 368 g/mol. The van der Waals surface area contributed by atoms with Crippen LogP contribution in [0.4, 0.5) is 5.69 Å². The van der Waals surface area contributed by atoms with Gasteiger partial charge in [-0.3, -0.25) is 9.59 Å². The number of pyridine rings is 1. The van der Waals surface area contributed by atoms with Crippen LogP contribution in [0, 0.1) is 25.2 Å². The molecule has 1 heterocycles. The van der Waals surface area contributed by atoms with Crippen molar-refractivity contribution in [3.8, 4) is 6.07 Å². The van der Waals surface area contributed by atoms with Crippen molar-refractivity contribution < 1.29 is 9.59 Å². The van der Waals surface area contributed by atoms with Gasteiger partial charge >= 0.3 is 0 Å². The van der Waals surface area contributed by atoms with E-state index in [1.54, 1.807) is 38.4 Å². The standard InChI is InChI=1S/C19H20N4O2S/c1-12-9-13(2)21-18(16(12)10-20)26-11-17(24)22-15-7-5-14(6-8-15)19(25)23(3)4/h5-9H,11H2,1-4H3,(H,22,24). The SMILES string of the molecule is Cc1cc(C)c(C#N)c(SCC(=O)Nc2ccc(C(=O)N(C)C)cc2)n1. The number of hydrogen-bond acceptors (Lipinski definition) is 5. The Morgan fingerprint density at radius 2 is 1.88 bits per heavy atom. The number of rotatable bonds is 5. The molecule has 2 rings (SSSR count). The minimum atomic E-state index is -0.202. The van der Waals surface area contributed by atoms with Gasteiger partial charge in [0.2, 0.25) is 5.91 Å². The topological polar surface area (TPSA) is 86.1 Å². The average Bonchev–Trinajstić information content (AvgIpc) is 2.59. The number of benzene rings is 1. The molecular formula is C19H20N4O2S. The number of carbonyl (C=O) groups excluding carboxylic acids is 2. The number of nitrogens with one attached hydrogen (secondary N) is 1. The molecule has 2 amide bonds. The van der Waals surface area contributed by atoms with Crippen molar-refractivity contribution in [2.45, 2.75) is 18.9 Å². The predicted molar refractivity (Wildman–Crippen MR) is 102 cm³/mol. The lowest BCUT2D eigenvalue weighted by atomic mass is 10.1. The second kappa shape index (κ2) is 8.50. The van der Waals surface area contributed by atoms with E-state index in [-0.39, 0.29) is 17.6 Å². The van der Waals surface area contributed by atoms with Gasteiger partial charge in [-0.1, -0.05) is 11.8 Å².